The van der Waals surface area contributed by atoms with Crippen LogP contribution in [0.2, 0.25) is 0 Å². The van der Waals surface area contributed by atoms with E-state index in [9.17, 15) is 0 Å². The lowest BCUT2D eigenvalue weighted by molar-refractivity contribution is 0.789. The Morgan fingerprint density at radius 3 is 2.25 bits per heavy atom. The maximum atomic E-state index is 5.93. The van der Waals surface area contributed by atoms with Gasteiger partial charge in [0, 0.05) is 12.2 Å². The molecule has 1 aliphatic rings. The van der Waals surface area contributed by atoms with Crippen molar-refractivity contribution < 1.29 is 0 Å². The third-order valence-electron chi connectivity index (χ3n) is 4.02. The number of hydrogen-bond donors (Lipinski definition) is 2. The van der Waals surface area contributed by atoms with Crippen LogP contribution in [0.25, 0.3) is 0 Å². The standard InChI is InChI=1S/C18H22N2/c1-13-2-10-17(11-3-13)20-18(12-19)16-8-6-15(7-9-16)14-4-5-14/h2-3,6-11,14,18,20H,4-5,12,19H2,1H3. The van der Waals surface area contributed by atoms with Gasteiger partial charge in [0.1, 0.15) is 0 Å². The van der Waals surface area contributed by atoms with Crippen molar-refractivity contribution in [2.24, 2.45) is 5.73 Å². The van der Waals surface area contributed by atoms with Gasteiger partial charge in [0.15, 0.2) is 0 Å². The van der Waals surface area contributed by atoms with E-state index in [-0.39, 0.29) is 6.04 Å². The van der Waals surface area contributed by atoms with Crippen molar-refractivity contribution in [2.45, 2.75) is 31.7 Å². The fraction of sp³-hybridized carbons (Fsp3) is 0.333. The van der Waals surface area contributed by atoms with Crippen molar-refractivity contribution in [1.82, 2.24) is 0 Å². The van der Waals surface area contributed by atoms with E-state index in [1.165, 1.54) is 29.5 Å². The summed E-state index contributed by atoms with van der Waals surface area (Å²) in [5, 5.41) is 3.51. The Morgan fingerprint density at radius 2 is 1.70 bits per heavy atom. The number of hydrogen-bond acceptors (Lipinski definition) is 2. The first-order valence-electron chi connectivity index (χ1n) is 7.39. The Labute approximate surface area is 121 Å². The first kappa shape index (κ1) is 13.2. The van der Waals surface area contributed by atoms with Gasteiger partial charge < -0.3 is 11.1 Å². The average molecular weight is 266 g/mol. The van der Waals surface area contributed by atoms with Gasteiger partial charge in [-0.05, 0) is 48.9 Å². The van der Waals surface area contributed by atoms with E-state index in [0.29, 0.717) is 6.54 Å². The molecule has 104 valence electrons. The molecule has 0 radical (unpaired) electrons. The normalized spacial score (nSPS) is 15.9. The van der Waals surface area contributed by atoms with Gasteiger partial charge in [0.2, 0.25) is 0 Å². The van der Waals surface area contributed by atoms with Gasteiger partial charge in [-0.3, -0.25) is 0 Å². The summed E-state index contributed by atoms with van der Waals surface area (Å²) in [5.74, 6) is 0.811. The molecule has 1 saturated carbocycles. The highest BCUT2D eigenvalue weighted by Gasteiger charge is 2.23. The number of benzene rings is 2. The molecule has 1 atom stereocenters. The quantitative estimate of drug-likeness (QED) is 0.859. The topological polar surface area (TPSA) is 38.0 Å². The van der Waals surface area contributed by atoms with Crippen LogP contribution in [0.3, 0.4) is 0 Å². The average Bonchev–Trinajstić information content (AvgIpc) is 3.32. The van der Waals surface area contributed by atoms with Gasteiger partial charge in [-0.15, -0.1) is 0 Å². The summed E-state index contributed by atoms with van der Waals surface area (Å²) in [5.41, 5.74) is 11.1. The van der Waals surface area contributed by atoms with Gasteiger partial charge in [0.05, 0.1) is 6.04 Å². The molecule has 0 saturated heterocycles. The van der Waals surface area contributed by atoms with Crippen LogP contribution in [-0.2, 0) is 0 Å². The van der Waals surface area contributed by atoms with Crippen LogP contribution in [0, 0.1) is 6.92 Å². The third-order valence-corrected chi connectivity index (χ3v) is 4.02. The van der Waals surface area contributed by atoms with E-state index in [2.05, 4.69) is 60.8 Å². The number of nitrogens with one attached hydrogen (secondary N) is 1. The Bertz CT molecular complexity index is 553. The molecule has 3 rings (SSSR count). The minimum atomic E-state index is 0.172. The molecule has 1 fully saturated rings. The molecule has 2 nitrogen and oxygen atoms in total. The first-order chi connectivity index (χ1) is 9.76. The van der Waals surface area contributed by atoms with Crippen LogP contribution in [0.4, 0.5) is 5.69 Å². The Morgan fingerprint density at radius 1 is 1.05 bits per heavy atom. The van der Waals surface area contributed by atoms with Gasteiger partial charge >= 0.3 is 0 Å². The minimum absolute atomic E-state index is 0.172. The SMILES string of the molecule is Cc1ccc(NC(CN)c2ccc(C3CC3)cc2)cc1. The molecule has 0 heterocycles. The maximum absolute atomic E-state index is 5.93. The zero-order valence-electron chi connectivity index (χ0n) is 12.0. The molecule has 0 aromatic heterocycles. The number of rotatable bonds is 5. The molecular formula is C18H22N2. The lowest BCUT2D eigenvalue weighted by Crippen LogP contribution is -2.20. The van der Waals surface area contributed by atoms with Crippen molar-refractivity contribution in [3.8, 4) is 0 Å². The molecule has 2 heteroatoms. The number of anilines is 1. The van der Waals surface area contributed by atoms with Crippen LogP contribution in [0.5, 0.6) is 0 Å². The van der Waals surface area contributed by atoms with Crippen LogP contribution in [0.1, 0.15) is 41.5 Å². The lowest BCUT2D eigenvalue weighted by Gasteiger charge is -2.19. The zero-order chi connectivity index (χ0) is 13.9. The molecule has 1 unspecified atom stereocenters. The van der Waals surface area contributed by atoms with Crippen LogP contribution < -0.4 is 11.1 Å². The second-order valence-electron chi connectivity index (χ2n) is 5.74. The molecule has 0 spiro atoms. The first-order valence-corrected chi connectivity index (χ1v) is 7.39. The van der Waals surface area contributed by atoms with Gasteiger partial charge in [-0.2, -0.15) is 0 Å². The predicted molar refractivity (Wildman–Crippen MR) is 85.0 cm³/mol. The highest BCUT2D eigenvalue weighted by atomic mass is 14.9. The second kappa shape index (κ2) is 5.68. The lowest BCUT2D eigenvalue weighted by atomic mass is 10.0. The van der Waals surface area contributed by atoms with Crippen LogP contribution in [-0.4, -0.2) is 6.54 Å². The zero-order valence-corrected chi connectivity index (χ0v) is 12.0. The predicted octanol–water partition coefficient (Wildman–Crippen LogP) is 3.98. The van der Waals surface area contributed by atoms with Crippen molar-refractivity contribution in [3.05, 3.63) is 65.2 Å². The summed E-state index contributed by atoms with van der Waals surface area (Å²) in [6, 6.07) is 17.6. The molecule has 20 heavy (non-hydrogen) atoms. The van der Waals surface area contributed by atoms with Gasteiger partial charge in [0.25, 0.3) is 0 Å². The summed E-state index contributed by atoms with van der Waals surface area (Å²) in [4.78, 5) is 0. The van der Waals surface area contributed by atoms with Crippen LogP contribution in [0.15, 0.2) is 48.5 Å². The van der Waals surface area contributed by atoms with E-state index in [1.807, 2.05) is 0 Å². The van der Waals surface area contributed by atoms with Crippen molar-refractivity contribution in [2.75, 3.05) is 11.9 Å². The fourth-order valence-corrected chi connectivity index (χ4v) is 2.55. The minimum Gasteiger partial charge on any atom is -0.377 e. The van der Waals surface area contributed by atoms with E-state index in [1.54, 1.807) is 0 Å². The molecular weight excluding hydrogens is 244 g/mol. The number of aryl methyl sites for hydroxylation is 1. The molecule has 1 aliphatic carbocycles. The maximum Gasteiger partial charge on any atom is 0.0636 e. The van der Waals surface area contributed by atoms with E-state index in [0.717, 1.165) is 11.6 Å². The molecule has 2 aromatic rings. The molecule has 0 amide bonds. The summed E-state index contributed by atoms with van der Waals surface area (Å²) in [6.45, 7) is 2.69. The second-order valence-corrected chi connectivity index (χ2v) is 5.74. The molecule has 0 bridgehead atoms. The van der Waals surface area contributed by atoms with E-state index < -0.39 is 0 Å². The highest BCUT2D eigenvalue weighted by Crippen LogP contribution is 2.40. The van der Waals surface area contributed by atoms with Gasteiger partial charge in [-0.1, -0.05) is 42.0 Å². The Balaban J connectivity index is 1.73. The largest absolute Gasteiger partial charge is 0.377 e. The summed E-state index contributed by atoms with van der Waals surface area (Å²) in [7, 11) is 0. The van der Waals surface area contributed by atoms with Crippen molar-refractivity contribution in [3.63, 3.8) is 0 Å². The summed E-state index contributed by atoms with van der Waals surface area (Å²) in [6.07, 6.45) is 2.70. The van der Waals surface area contributed by atoms with E-state index >= 15 is 0 Å². The summed E-state index contributed by atoms with van der Waals surface area (Å²) >= 11 is 0. The molecule has 2 aromatic carbocycles. The molecule has 0 aliphatic heterocycles. The fourth-order valence-electron chi connectivity index (χ4n) is 2.55. The monoisotopic (exact) mass is 266 g/mol. The van der Waals surface area contributed by atoms with Crippen molar-refractivity contribution in [1.29, 1.82) is 0 Å². The summed E-state index contributed by atoms with van der Waals surface area (Å²) < 4.78 is 0. The van der Waals surface area contributed by atoms with Crippen molar-refractivity contribution >= 4 is 5.69 Å². The van der Waals surface area contributed by atoms with Gasteiger partial charge in [-0.25, -0.2) is 0 Å². The van der Waals surface area contributed by atoms with Crippen LogP contribution >= 0.6 is 0 Å². The smallest absolute Gasteiger partial charge is 0.0636 e. The Hall–Kier alpha value is -1.80. The molecule has 3 N–H and O–H groups in total. The Kier molecular flexibility index (Phi) is 3.75. The third kappa shape index (κ3) is 3.02. The number of nitrogens with two attached hydrogens (primary N) is 1. The van der Waals surface area contributed by atoms with E-state index in [4.69, 9.17) is 5.73 Å². The highest BCUT2D eigenvalue weighted by molar-refractivity contribution is 5.47.